The fourth-order valence-corrected chi connectivity index (χ4v) is 3.92. The Morgan fingerprint density at radius 1 is 1.15 bits per heavy atom. The van der Waals surface area contributed by atoms with Gasteiger partial charge in [0.1, 0.15) is 0 Å². The maximum absolute atomic E-state index is 12.8. The van der Waals surface area contributed by atoms with Gasteiger partial charge in [0.2, 0.25) is 0 Å². The SMILES string of the molecule is CCOc1c(/C=C2\SC(=O)N(Cc3ccccc3Br)C2=O)cccc1OC. The van der Waals surface area contributed by atoms with Crippen LogP contribution < -0.4 is 9.47 Å². The van der Waals surface area contributed by atoms with Crippen molar-refractivity contribution in [1.29, 1.82) is 0 Å². The van der Waals surface area contributed by atoms with Gasteiger partial charge < -0.3 is 9.47 Å². The van der Waals surface area contributed by atoms with Crippen molar-refractivity contribution in [2.45, 2.75) is 13.5 Å². The van der Waals surface area contributed by atoms with Crippen molar-refractivity contribution in [2.75, 3.05) is 13.7 Å². The average Bonchev–Trinajstić information content (AvgIpc) is 2.92. The van der Waals surface area contributed by atoms with Crippen molar-refractivity contribution in [3.05, 3.63) is 63.0 Å². The summed E-state index contributed by atoms with van der Waals surface area (Å²) in [6, 6.07) is 13.0. The van der Waals surface area contributed by atoms with Gasteiger partial charge in [-0.05, 0) is 42.5 Å². The Labute approximate surface area is 170 Å². The average molecular weight is 448 g/mol. The zero-order valence-electron chi connectivity index (χ0n) is 14.9. The first-order valence-corrected chi connectivity index (χ1v) is 9.94. The number of nitrogens with zero attached hydrogens (tertiary/aromatic N) is 1. The lowest BCUT2D eigenvalue weighted by molar-refractivity contribution is -0.123. The van der Waals surface area contributed by atoms with Gasteiger partial charge in [-0.1, -0.05) is 46.3 Å². The van der Waals surface area contributed by atoms with E-state index in [1.807, 2.05) is 43.3 Å². The summed E-state index contributed by atoms with van der Waals surface area (Å²) in [5.41, 5.74) is 1.57. The van der Waals surface area contributed by atoms with Crippen molar-refractivity contribution in [3.63, 3.8) is 0 Å². The van der Waals surface area contributed by atoms with Crippen LogP contribution in [-0.4, -0.2) is 29.8 Å². The fraction of sp³-hybridized carbons (Fsp3) is 0.200. The Hall–Kier alpha value is -2.25. The van der Waals surface area contributed by atoms with E-state index in [2.05, 4.69) is 15.9 Å². The van der Waals surface area contributed by atoms with Gasteiger partial charge in [0.25, 0.3) is 11.1 Å². The molecule has 1 saturated heterocycles. The molecule has 7 heteroatoms. The quantitative estimate of drug-likeness (QED) is 0.576. The number of halogens is 1. The van der Waals surface area contributed by atoms with Crippen molar-refractivity contribution in [1.82, 2.24) is 4.90 Å². The number of rotatable bonds is 6. The van der Waals surface area contributed by atoms with E-state index < -0.39 is 0 Å². The predicted molar refractivity (Wildman–Crippen MR) is 110 cm³/mol. The van der Waals surface area contributed by atoms with Gasteiger partial charge >= 0.3 is 0 Å². The van der Waals surface area contributed by atoms with Crippen LogP contribution in [-0.2, 0) is 11.3 Å². The second kappa shape index (κ2) is 8.63. The molecule has 2 amide bonds. The lowest BCUT2D eigenvalue weighted by atomic mass is 10.1. The molecule has 0 saturated carbocycles. The zero-order valence-corrected chi connectivity index (χ0v) is 17.3. The van der Waals surface area contributed by atoms with Gasteiger partial charge in [-0.25, -0.2) is 0 Å². The topological polar surface area (TPSA) is 55.8 Å². The molecule has 2 aromatic carbocycles. The third-order valence-corrected chi connectivity index (χ3v) is 5.65. The van der Waals surface area contributed by atoms with E-state index in [0.29, 0.717) is 28.6 Å². The molecule has 1 aliphatic rings. The molecule has 0 aliphatic carbocycles. The highest BCUT2D eigenvalue weighted by molar-refractivity contribution is 9.10. The largest absolute Gasteiger partial charge is 0.493 e. The van der Waals surface area contributed by atoms with E-state index in [4.69, 9.17) is 9.47 Å². The summed E-state index contributed by atoms with van der Waals surface area (Å²) in [7, 11) is 1.56. The van der Waals surface area contributed by atoms with Crippen molar-refractivity contribution in [2.24, 2.45) is 0 Å². The number of carbonyl (C=O) groups excluding carboxylic acids is 2. The molecular formula is C20H18BrNO4S. The Kier molecular flexibility index (Phi) is 6.23. The van der Waals surface area contributed by atoms with E-state index in [-0.39, 0.29) is 17.7 Å². The summed E-state index contributed by atoms with van der Waals surface area (Å²) >= 11 is 4.38. The minimum Gasteiger partial charge on any atom is -0.493 e. The second-order valence-electron chi connectivity index (χ2n) is 5.67. The summed E-state index contributed by atoms with van der Waals surface area (Å²) in [6.45, 7) is 2.56. The standard InChI is InChI=1S/C20H18BrNO4S/c1-3-26-18-13(8-6-10-16(18)25-2)11-17-19(23)22(20(24)27-17)12-14-7-4-5-9-15(14)21/h4-11H,3,12H2,1-2H3/b17-11-. The van der Waals surface area contributed by atoms with E-state index in [1.165, 1.54) is 4.90 Å². The number of hydrogen-bond donors (Lipinski definition) is 0. The second-order valence-corrected chi connectivity index (χ2v) is 7.52. The molecule has 0 N–H and O–H groups in total. The number of imide groups is 1. The molecule has 0 bridgehead atoms. The number of hydrogen-bond acceptors (Lipinski definition) is 5. The molecule has 27 heavy (non-hydrogen) atoms. The number of methoxy groups -OCH3 is 1. The summed E-state index contributed by atoms with van der Waals surface area (Å²) in [5, 5.41) is -0.289. The Morgan fingerprint density at radius 3 is 2.63 bits per heavy atom. The summed E-state index contributed by atoms with van der Waals surface area (Å²) < 4.78 is 11.9. The molecule has 0 atom stereocenters. The molecule has 1 aliphatic heterocycles. The van der Waals surface area contributed by atoms with E-state index in [9.17, 15) is 9.59 Å². The van der Waals surface area contributed by atoms with E-state index >= 15 is 0 Å². The van der Waals surface area contributed by atoms with Gasteiger partial charge in [-0.3, -0.25) is 14.5 Å². The summed E-state index contributed by atoms with van der Waals surface area (Å²) in [5.74, 6) is 0.823. The monoisotopic (exact) mass is 447 g/mol. The van der Waals surface area contributed by atoms with Crippen LogP contribution in [0, 0.1) is 0 Å². The third-order valence-electron chi connectivity index (χ3n) is 3.96. The van der Waals surface area contributed by atoms with Gasteiger partial charge in [-0.15, -0.1) is 0 Å². The highest BCUT2D eigenvalue weighted by Gasteiger charge is 2.35. The first-order chi connectivity index (χ1) is 13.0. The molecule has 1 fully saturated rings. The van der Waals surface area contributed by atoms with Crippen LogP contribution in [0.1, 0.15) is 18.1 Å². The number of carbonyl (C=O) groups is 2. The number of para-hydroxylation sites is 1. The normalized spacial score (nSPS) is 15.5. The number of ether oxygens (including phenoxy) is 2. The van der Waals surface area contributed by atoms with Crippen LogP contribution in [0.2, 0.25) is 0 Å². The maximum atomic E-state index is 12.8. The van der Waals surface area contributed by atoms with Crippen molar-refractivity contribution < 1.29 is 19.1 Å². The van der Waals surface area contributed by atoms with Gasteiger partial charge in [0.15, 0.2) is 11.5 Å². The smallest absolute Gasteiger partial charge is 0.293 e. The van der Waals surface area contributed by atoms with Crippen LogP contribution in [0.25, 0.3) is 6.08 Å². The number of thioether (sulfide) groups is 1. The van der Waals surface area contributed by atoms with Crippen molar-refractivity contribution in [3.8, 4) is 11.5 Å². The van der Waals surface area contributed by atoms with Crippen molar-refractivity contribution >= 4 is 44.9 Å². The van der Waals surface area contributed by atoms with Crippen LogP contribution in [0.4, 0.5) is 4.79 Å². The fourth-order valence-electron chi connectivity index (χ4n) is 2.68. The Bertz CT molecular complexity index is 913. The summed E-state index contributed by atoms with van der Waals surface area (Å²) in [6.07, 6.45) is 1.68. The zero-order chi connectivity index (χ0) is 19.4. The molecule has 0 radical (unpaired) electrons. The molecule has 0 spiro atoms. The molecule has 0 unspecified atom stereocenters. The minimum atomic E-state index is -0.314. The van der Waals surface area contributed by atoms with Crippen LogP contribution in [0.15, 0.2) is 51.8 Å². The molecule has 0 aromatic heterocycles. The number of amides is 2. The van der Waals surface area contributed by atoms with E-state index in [0.717, 1.165) is 21.8 Å². The molecular weight excluding hydrogens is 430 g/mol. The highest BCUT2D eigenvalue weighted by Crippen LogP contribution is 2.38. The molecule has 140 valence electrons. The van der Waals surface area contributed by atoms with Crippen LogP contribution >= 0.6 is 27.7 Å². The van der Waals surface area contributed by atoms with Gasteiger partial charge in [0.05, 0.1) is 25.2 Å². The van der Waals surface area contributed by atoms with Crippen LogP contribution in [0.5, 0.6) is 11.5 Å². The maximum Gasteiger partial charge on any atom is 0.293 e. The van der Waals surface area contributed by atoms with Crippen LogP contribution in [0.3, 0.4) is 0 Å². The first-order valence-electron chi connectivity index (χ1n) is 8.33. The lowest BCUT2D eigenvalue weighted by Gasteiger charge is -2.14. The lowest BCUT2D eigenvalue weighted by Crippen LogP contribution is -2.27. The van der Waals surface area contributed by atoms with E-state index in [1.54, 1.807) is 19.3 Å². The first kappa shape index (κ1) is 19.5. The third kappa shape index (κ3) is 4.20. The predicted octanol–water partition coefficient (Wildman–Crippen LogP) is 5.09. The van der Waals surface area contributed by atoms with Gasteiger partial charge in [0, 0.05) is 10.0 Å². The molecule has 5 nitrogen and oxygen atoms in total. The Balaban J connectivity index is 1.90. The molecule has 2 aromatic rings. The minimum absolute atomic E-state index is 0.222. The molecule has 1 heterocycles. The molecule has 3 rings (SSSR count). The summed E-state index contributed by atoms with van der Waals surface area (Å²) in [4.78, 5) is 26.8. The Morgan fingerprint density at radius 2 is 1.93 bits per heavy atom. The van der Waals surface area contributed by atoms with Gasteiger partial charge in [-0.2, -0.15) is 0 Å². The highest BCUT2D eigenvalue weighted by atomic mass is 79.9. The number of benzene rings is 2.